The minimum Gasteiger partial charge on any atom is -0.358 e. The Morgan fingerprint density at radius 1 is 1.47 bits per heavy atom. The van der Waals surface area contributed by atoms with Gasteiger partial charge in [-0.05, 0) is 40.2 Å². The number of hydrogen-bond donors (Lipinski definition) is 1. The molecule has 0 saturated carbocycles. The molecule has 0 aromatic rings. The summed E-state index contributed by atoms with van der Waals surface area (Å²) in [5.41, 5.74) is -0.0965. The second-order valence-electron chi connectivity index (χ2n) is 4.87. The molecule has 0 spiro atoms. The van der Waals surface area contributed by atoms with Gasteiger partial charge in [0.15, 0.2) is 0 Å². The molecule has 0 aromatic heterocycles. The minimum atomic E-state index is -0.0965. The maximum absolute atomic E-state index is 5.85. The predicted molar refractivity (Wildman–Crippen MR) is 64.5 cm³/mol. The molecule has 2 aliphatic heterocycles. The smallest absolute Gasteiger partial charge is 0.132 e. The van der Waals surface area contributed by atoms with Crippen LogP contribution in [0.3, 0.4) is 0 Å². The van der Waals surface area contributed by atoms with Crippen molar-refractivity contribution in [3.05, 3.63) is 0 Å². The van der Waals surface area contributed by atoms with Crippen LogP contribution in [0.1, 0.15) is 33.6 Å². The van der Waals surface area contributed by atoms with Crippen LogP contribution in [-0.2, 0) is 4.74 Å². The SMILES string of the molecule is CC(C)N1CCCC1C1(C)NCCO1.Cl. The van der Waals surface area contributed by atoms with Crippen molar-refractivity contribution in [2.75, 3.05) is 19.7 Å². The highest BCUT2D eigenvalue weighted by molar-refractivity contribution is 5.85. The molecule has 0 amide bonds. The van der Waals surface area contributed by atoms with Crippen molar-refractivity contribution >= 4 is 12.4 Å². The molecule has 1 N–H and O–H groups in total. The summed E-state index contributed by atoms with van der Waals surface area (Å²) in [5.74, 6) is 0. The van der Waals surface area contributed by atoms with Gasteiger partial charge in [0, 0.05) is 12.6 Å². The van der Waals surface area contributed by atoms with Gasteiger partial charge in [-0.1, -0.05) is 0 Å². The third-order valence-electron chi connectivity index (χ3n) is 3.57. The molecule has 4 heteroatoms. The molecule has 2 rings (SSSR count). The number of rotatable bonds is 2. The fraction of sp³-hybridized carbons (Fsp3) is 1.00. The highest BCUT2D eigenvalue weighted by Gasteiger charge is 2.44. The molecule has 90 valence electrons. The Balaban J connectivity index is 0.00000112. The van der Waals surface area contributed by atoms with E-state index >= 15 is 0 Å². The molecule has 2 aliphatic rings. The lowest BCUT2D eigenvalue weighted by molar-refractivity contribution is -0.0603. The largest absolute Gasteiger partial charge is 0.358 e. The van der Waals surface area contributed by atoms with Crippen molar-refractivity contribution in [3.8, 4) is 0 Å². The molecular formula is C11H23ClN2O. The molecular weight excluding hydrogens is 212 g/mol. The number of halogens is 1. The molecule has 3 nitrogen and oxygen atoms in total. The van der Waals surface area contributed by atoms with Crippen LogP contribution in [0.2, 0.25) is 0 Å². The van der Waals surface area contributed by atoms with E-state index in [9.17, 15) is 0 Å². The van der Waals surface area contributed by atoms with E-state index in [4.69, 9.17) is 4.74 Å². The van der Waals surface area contributed by atoms with E-state index in [0.717, 1.165) is 13.2 Å². The molecule has 0 aromatic carbocycles. The van der Waals surface area contributed by atoms with Crippen LogP contribution >= 0.6 is 12.4 Å². The summed E-state index contributed by atoms with van der Waals surface area (Å²) in [6, 6.07) is 1.19. The third-order valence-corrected chi connectivity index (χ3v) is 3.57. The van der Waals surface area contributed by atoms with Gasteiger partial charge in [-0.2, -0.15) is 0 Å². The van der Waals surface area contributed by atoms with Crippen molar-refractivity contribution in [3.63, 3.8) is 0 Å². The average molecular weight is 235 g/mol. The quantitative estimate of drug-likeness (QED) is 0.786. The van der Waals surface area contributed by atoms with Gasteiger partial charge in [0.05, 0.1) is 12.6 Å². The van der Waals surface area contributed by atoms with Gasteiger partial charge in [-0.3, -0.25) is 10.2 Å². The highest BCUT2D eigenvalue weighted by Crippen LogP contribution is 2.31. The third kappa shape index (κ3) is 2.47. The molecule has 2 saturated heterocycles. The first kappa shape index (κ1) is 13.2. The van der Waals surface area contributed by atoms with E-state index < -0.39 is 0 Å². The number of nitrogens with zero attached hydrogens (tertiary/aromatic N) is 1. The normalized spacial score (nSPS) is 37.2. The summed E-state index contributed by atoms with van der Waals surface area (Å²) in [5, 5.41) is 3.50. The number of ether oxygens (including phenoxy) is 1. The zero-order chi connectivity index (χ0) is 10.2. The van der Waals surface area contributed by atoms with Gasteiger partial charge in [-0.25, -0.2) is 0 Å². The first-order chi connectivity index (χ1) is 6.63. The van der Waals surface area contributed by atoms with Gasteiger partial charge in [-0.15, -0.1) is 12.4 Å². The van der Waals surface area contributed by atoms with Crippen LogP contribution in [0.5, 0.6) is 0 Å². The second kappa shape index (κ2) is 5.00. The summed E-state index contributed by atoms with van der Waals surface area (Å²) in [7, 11) is 0. The van der Waals surface area contributed by atoms with Gasteiger partial charge < -0.3 is 4.74 Å². The van der Waals surface area contributed by atoms with E-state index in [1.807, 2.05) is 0 Å². The summed E-state index contributed by atoms with van der Waals surface area (Å²) in [6.07, 6.45) is 2.57. The summed E-state index contributed by atoms with van der Waals surface area (Å²) in [4.78, 5) is 2.57. The topological polar surface area (TPSA) is 24.5 Å². The molecule has 0 radical (unpaired) electrons. The van der Waals surface area contributed by atoms with E-state index in [2.05, 4.69) is 31.0 Å². The Bertz CT molecular complexity index is 205. The first-order valence-electron chi connectivity index (χ1n) is 5.78. The van der Waals surface area contributed by atoms with Gasteiger partial charge >= 0.3 is 0 Å². The molecule has 15 heavy (non-hydrogen) atoms. The van der Waals surface area contributed by atoms with Crippen molar-refractivity contribution in [2.45, 2.75) is 51.4 Å². The van der Waals surface area contributed by atoms with Crippen molar-refractivity contribution < 1.29 is 4.74 Å². The molecule has 2 unspecified atom stereocenters. The number of hydrogen-bond acceptors (Lipinski definition) is 3. The number of nitrogens with one attached hydrogen (secondary N) is 1. The van der Waals surface area contributed by atoms with E-state index in [0.29, 0.717) is 12.1 Å². The Kier molecular flexibility index (Phi) is 4.41. The van der Waals surface area contributed by atoms with Gasteiger partial charge in [0.2, 0.25) is 0 Å². The minimum absolute atomic E-state index is 0. The van der Waals surface area contributed by atoms with E-state index in [-0.39, 0.29) is 18.1 Å². The lowest BCUT2D eigenvalue weighted by atomic mass is 10.0. The molecule has 0 aliphatic carbocycles. The zero-order valence-corrected chi connectivity index (χ0v) is 10.8. The van der Waals surface area contributed by atoms with Crippen LogP contribution in [0.15, 0.2) is 0 Å². The lowest BCUT2D eigenvalue weighted by Crippen LogP contribution is -2.56. The first-order valence-corrected chi connectivity index (χ1v) is 5.78. The maximum Gasteiger partial charge on any atom is 0.132 e. The van der Waals surface area contributed by atoms with Crippen molar-refractivity contribution in [2.24, 2.45) is 0 Å². The summed E-state index contributed by atoms with van der Waals surface area (Å²) < 4.78 is 5.85. The fourth-order valence-electron chi connectivity index (χ4n) is 2.83. The van der Waals surface area contributed by atoms with E-state index in [1.54, 1.807) is 0 Å². The monoisotopic (exact) mass is 234 g/mol. The molecule has 2 atom stereocenters. The Hall–Kier alpha value is 0.170. The summed E-state index contributed by atoms with van der Waals surface area (Å²) in [6.45, 7) is 9.83. The Morgan fingerprint density at radius 2 is 2.20 bits per heavy atom. The van der Waals surface area contributed by atoms with Crippen LogP contribution in [-0.4, -0.2) is 42.4 Å². The maximum atomic E-state index is 5.85. The summed E-state index contributed by atoms with van der Waals surface area (Å²) >= 11 is 0. The van der Waals surface area contributed by atoms with Gasteiger partial charge in [0.1, 0.15) is 5.72 Å². The average Bonchev–Trinajstić information content (AvgIpc) is 2.71. The van der Waals surface area contributed by atoms with Crippen LogP contribution in [0.4, 0.5) is 0 Å². The van der Waals surface area contributed by atoms with Gasteiger partial charge in [0.25, 0.3) is 0 Å². The van der Waals surface area contributed by atoms with Crippen molar-refractivity contribution in [1.82, 2.24) is 10.2 Å². The van der Waals surface area contributed by atoms with Crippen LogP contribution in [0, 0.1) is 0 Å². The van der Waals surface area contributed by atoms with Crippen LogP contribution in [0.25, 0.3) is 0 Å². The highest BCUT2D eigenvalue weighted by atomic mass is 35.5. The molecule has 2 heterocycles. The molecule has 0 bridgehead atoms. The van der Waals surface area contributed by atoms with Crippen LogP contribution < -0.4 is 5.32 Å². The second-order valence-corrected chi connectivity index (χ2v) is 4.87. The lowest BCUT2D eigenvalue weighted by Gasteiger charge is -2.38. The van der Waals surface area contributed by atoms with Crippen molar-refractivity contribution in [1.29, 1.82) is 0 Å². The number of likely N-dealkylation sites (tertiary alicyclic amines) is 1. The zero-order valence-electron chi connectivity index (χ0n) is 9.95. The van der Waals surface area contributed by atoms with E-state index in [1.165, 1.54) is 19.4 Å². The fourth-order valence-corrected chi connectivity index (χ4v) is 2.83. The standard InChI is InChI=1S/C11H22N2O.ClH/c1-9(2)13-7-4-5-10(13)11(3)12-6-8-14-11;/h9-10,12H,4-8H2,1-3H3;1H. The Morgan fingerprint density at radius 3 is 2.73 bits per heavy atom. The predicted octanol–water partition coefficient (Wildman–Crippen LogP) is 1.62. The molecule has 2 fully saturated rings. The Labute approximate surface area is 99.0 Å².